The first kappa shape index (κ1) is 24.7. The average molecular weight is 473 g/mol. The first-order valence-electron chi connectivity index (χ1n) is 12.4. The Bertz CT molecular complexity index is 938. The molecule has 2 N–H and O–H groups in total. The molecule has 3 aliphatic heterocycles. The van der Waals surface area contributed by atoms with Crippen molar-refractivity contribution in [2.24, 2.45) is 17.8 Å². The van der Waals surface area contributed by atoms with Gasteiger partial charge < -0.3 is 24.8 Å². The van der Waals surface area contributed by atoms with Crippen LogP contribution in [0, 0.1) is 17.8 Å². The van der Waals surface area contributed by atoms with Gasteiger partial charge in [-0.25, -0.2) is 0 Å². The molecule has 3 fully saturated rings. The molecule has 2 unspecified atom stereocenters. The third-order valence-corrected chi connectivity index (χ3v) is 8.16. The van der Waals surface area contributed by atoms with Gasteiger partial charge in [-0.05, 0) is 38.2 Å². The summed E-state index contributed by atoms with van der Waals surface area (Å²) in [5.41, 5.74) is -1.04. The number of nitrogens with one attached hydrogen (secondary N) is 1. The molecule has 186 valence electrons. The Morgan fingerprint density at radius 1 is 1.26 bits per heavy atom. The maximum atomic E-state index is 14.0. The minimum Gasteiger partial charge on any atom is -0.466 e. The summed E-state index contributed by atoms with van der Waals surface area (Å²) in [6.07, 6.45) is 1.78. The van der Waals surface area contributed by atoms with Crippen molar-refractivity contribution in [3.05, 3.63) is 35.9 Å². The van der Waals surface area contributed by atoms with Gasteiger partial charge in [-0.3, -0.25) is 14.4 Å². The molecule has 1 aromatic carbocycles. The smallest absolute Gasteiger partial charge is 0.312 e. The number of hydrogen-bond donors (Lipinski definition) is 2. The van der Waals surface area contributed by atoms with Gasteiger partial charge in [-0.1, -0.05) is 50.6 Å². The maximum Gasteiger partial charge on any atom is 0.312 e. The van der Waals surface area contributed by atoms with Gasteiger partial charge in [-0.15, -0.1) is 0 Å². The van der Waals surface area contributed by atoms with Crippen LogP contribution in [-0.2, 0) is 30.4 Å². The topological polar surface area (TPSA) is 105 Å². The molecule has 2 amide bonds. The van der Waals surface area contributed by atoms with E-state index in [1.165, 1.54) is 4.90 Å². The fraction of sp³-hybridized carbons (Fsp3) is 0.654. The number of esters is 1. The van der Waals surface area contributed by atoms with E-state index in [4.69, 9.17) is 9.47 Å². The van der Waals surface area contributed by atoms with Crippen LogP contribution in [0.1, 0.15) is 52.5 Å². The Morgan fingerprint density at radius 2 is 1.97 bits per heavy atom. The van der Waals surface area contributed by atoms with E-state index in [0.717, 1.165) is 12.0 Å². The second-order valence-corrected chi connectivity index (χ2v) is 10.1. The van der Waals surface area contributed by atoms with Gasteiger partial charge in [0.05, 0.1) is 30.8 Å². The van der Waals surface area contributed by atoms with Gasteiger partial charge >= 0.3 is 5.97 Å². The van der Waals surface area contributed by atoms with Crippen molar-refractivity contribution < 1.29 is 29.0 Å². The van der Waals surface area contributed by atoms with Gasteiger partial charge in [0, 0.05) is 6.54 Å². The molecular formula is C26H36N2O6. The Balaban J connectivity index is 1.73. The number of hydrogen-bond acceptors (Lipinski definition) is 6. The largest absolute Gasteiger partial charge is 0.466 e. The molecule has 0 aromatic heterocycles. The van der Waals surface area contributed by atoms with E-state index >= 15 is 0 Å². The zero-order chi connectivity index (χ0) is 24.7. The number of likely N-dealkylation sites (tertiary alicyclic amines) is 1. The van der Waals surface area contributed by atoms with Gasteiger partial charge in [0.15, 0.2) is 0 Å². The van der Waals surface area contributed by atoms with E-state index in [-0.39, 0.29) is 30.9 Å². The minimum absolute atomic E-state index is 0.0394. The Morgan fingerprint density at radius 3 is 2.59 bits per heavy atom. The second kappa shape index (κ2) is 9.30. The standard InChI is InChI=1S/C26H36N2O6/c1-5-16(3)18(15-29)28-21(22(30)27-14-17-10-8-7-9-11-17)26-13-12-25(4,34-26)20(19(26)23(28)31)24(32)33-6-2/h7-11,16,18-21,29H,5-6,12-15H2,1-4H3,(H,27,30)/t16-,18-,19-,20+,21?,25-,26?/m0/s1. The van der Waals surface area contributed by atoms with Crippen molar-refractivity contribution in [2.45, 2.75) is 76.8 Å². The predicted octanol–water partition coefficient (Wildman–Crippen LogP) is 2.04. The monoisotopic (exact) mass is 472 g/mol. The lowest BCUT2D eigenvalue weighted by molar-refractivity contribution is -0.160. The zero-order valence-electron chi connectivity index (χ0n) is 20.5. The summed E-state index contributed by atoms with van der Waals surface area (Å²) in [7, 11) is 0. The lowest BCUT2D eigenvalue weighted by Gasteiger charge is -2.39. The highest BCUT2D eigenvalue weighted by molar-refractivity contribution is 5.98. The molecule has 1 spiro atoms. The molecule has 34 heavy (non-hydrogen) atoms. The summed E-state index contributed by atoms with van der Waals surface area (Å²) in [5.74, 6) is -2.71. The van der Waals surface area contributed by atoms with Crippen LogP contribution >= 0.6 is 0 Å². The van der Waals surface area contributed by atoms with Crippen molar-refractivity contribution in [2.75, 3.05) is 13.2 Å². The number of carbonyl (C=O) groups is 3. The van der Waals surface area contributed by atoms with Crippen LogP contribution in [0.15, 0.2) is 30.3 Å². The van der Waals surface area contributed by atoms with Crippen LogP contribution in [-0.4, -0.2) is 64.3 Å². The van der Waals surface area contributed by atoms with E-state index < -0.39 is 41.1 Å². The molecule has 2 bridgehead atoms. The van der Waals surface area contributed by atoms with Gasteiger partial charge in [-0.2, -0.15) is 0 Å². The molecule has 7 atom stereocenters. The number of ether oxygens (including phenoxy) is 2. The van der Waals surface area contributed by atoms with Gasteiger partial charge in [0.25, 0.3) is 0 Å². The molecule has 3 heterocycles. The van der Waals surface area contributed by atoms with Crippen molar-refractivity contribution >= 4 is 17.8 Å². The third kappa shape index (κ3) is 3.71. The quantitative estimate of drug-likeness (QED) is 0.533. The van der Waals surface area contributed by atoms with Crippen LogP contribution in [0.25, 0.3) is 0 Å². The Labute approximate surface area is 201 Å². The van der Waals surface area contributed by atoms with Crippen molar-refractivity contribution in [3.8, 4) is 0 Å². The maximum absolute atomic E-state index is 14.0. The molecule has 0 saturated carbocycles. The number of aliphatic hydroxyl groups excluding tert-OH is 1. The lowest BCUT2D eigenvalue weighted by atomic mass is 9.66. The number of nitrogens with zero attached hydrogens (tertiary/aromatic N) is 1. The van der Waals surface area contributed by atoms with E-state index in [9.17, 15) is 19.5 Å². The molecule has 3 aliphatic rings. The van der Waals surface area contributed by atoms with Crippen LogP contribution in [0.5, 0.6) is 0 Å². The van der Waals surface area contributed by atoms with Crippen molar-refractivity contribution in [1.29, 1.82) is 0 Å². The Hall–Kier alpha value is -2.45. The molecule has 4 rings (SSSR count). The number of aliphatic hydroxyl groups is 1. The minimum atomic E-state index is -1.12. The summed E-state index contributed by atoms with van der Waals surface area (Å²) < 4.78 is 11.9. The highest BCUT2D eigenvalue weighted by atomic mass is 16.6. The van der Waals surface area contributed by atoms with Gasteiger partial charge in [0.2, 0.25) is 11.8 Å². The van der Waals surface area contributed by atoms with Crippen LogP contribution < -0.4 is 5.32 Å². The summed E-state index contributed by atoms with van der Waals surface area (Å²) in [6, 6.07) is 8.07. The van der Waals surface area contributed by atoms with Gasteiger partial charge in [0.1, 0.15) is 17.6 Å². The molecule has 3 saturated heterocycles. The predicted molar refractivity (Wildman–Crippen MR) is 124 cm³/mol. The van der Waals surface area contributed by atoms with Crippen molar-refractivity contribution in [3.63, 3.8) is 0 Å². The van der Waals surface area contributed by atoms with Crippen molar-refractivity contribution in [1.82, 2.24) is 10.2 Å². The molecule has 8 heteroatoms. The first-order chi connectivity index (χ1) is 16.2. The van der Waals surface area contributed by atoms with E-state index in [1.54, 1.807) is 6.92 Å². The number of rotatable bonds is 9. The summed E-state index contributed by atoms with van der Waals surface area (Å²) in [4.78, 5) is 42.3. The highest BCUT2D eigenvalue weighted by Crippen LogP contribution is 2.63. The average Bonchev–Trinajstić information content (AvgIpc) is 3.40. The summed E-state index contributed by atoms with van der Waals surface area (Å²) in [5, 5.41) is 13.3. The van der Waals surface area contributed by atoms with Crippen LogP contribution in [0.4, 0.5) is 0 Å². The molecular weight excluding hydrogens is 436 g/mol. The Kier molecular flexibility index (Phi) is 6.75. The lowest BCUT2D eigenvalue weighted by Crippen LogP contribution is -2.59. The molecule has 0 aliphatic carbocycles. The van der Waals surface area contributed by atoms with E-state index in [2.05, 4.69) is 5.32 Å². The second-order valence-electron chi connectivity index (χ2n) is 10.1. The third-order valence-electron chi connectivity index (χ3n) is 8.16. The number of amides is 2. The molecule has 1 aromatic rings. The molecule has 8 nitrogen and oxygen atoms in total. The van der Waals surface area contributed by atoms with Crippen LogP contribution in [0.2, 0.25) is 0 Å². The van der Waals surface area contributed by atoms with E-state index in [0.29, 0.717) is 19.4 Å². The van der Waals surface area contributed by atoms with E-state index in [1.807, 2.05) is 51.1 Å². The summed E-state index contributed by atoms with van der Waals surface area (Å²) in [6.45, 7) is 7.77. The normalized spacial score (nSPS) is 33.5. The first-order valence-corrected chi connectivity index (χ1v) is 12.4. The fourth-order valence-electron chi connectivity index (χ4n) is 6.31. The zero-order valence-corrected chi connectivity index (χ0v) is 20.5. The SMILES string of the molecule is CCOC(=O)[C@H]1[C@H]2C(=O)N([C@@H](CO)[C@@H](C)CC)C(C(=O)NCc3ccccc3)C23CC[C@]1(C)O3. The van der Waals surface area contributed by atoms with Crippen LogP contribution in [0.3, 0.4) is 0 Å². The number of benzene rings is 1. The fourth-order valence-corrected chi connectivity index (χ4v) is 6.31. The summed E-state index contributed by atoms with van der Waals surface area (Å²) >= 11 is 0. The highest BCUT2D eigenvalue weighted by Gasteiger charge is 2.78. The number of carbonyl (C=O) groups excluding carboxylic acids is 3. The number of fused-ring (bicyclic) bond motifs is 1. The molecule has 0 radical (unpaired) electrons.